The molecule has 1 saturated heterocycles. The molecule has 1 aliphatic carbocycles. The van der Waals surface area contributed by atoms with E-state index in [4.69, 9.17) is 9.47 Å². The fourth-order valence-corrected chi connectivity index (χ4v) is 3.35. The first-order valence-corrected chi connectivity index (χ1v) is 6.37. The third-order valence-electron chi connectivity index (χ3n) is 4.73. The Bertz CT molecular complexity index is 347. The van der Waals surface area contributed by atoms with E-state index in [2.05, 4.69) is 26.8 Å². The summed E-state index contributed by atoms with van der Waals surface area (Å²) in [6.45, 7) is 10.1. The van der Waals surface area contributed by atoms with E-state index in [1.54, 1.807) is 0 Å². The first kappa shape index (κ1) is 12.6. The van der Waals surface area contributed by atoms with Crippen molar-refractivity contribution in [3.05, 3.63) is 11.6 Å². The molecule has 0 radical (unpaired) electrons. The number of hydrogen-bond acceptors (Lipinski definition) is 3. The monoisotopic (exact) mass is 238 g/mol. The van der Waals surface area contributed by atoms with Crippen LogP contribution in [0.15, 0.2) is 11.6 Å². The second-order valence-electron chi connectivity index (χ2n) is 5.62. The highest BCUT2D eigenvalue weighted by Crippen LogP contribution is 2.50. The van der Waals surface area contributed by atoms with Crippen molar-refractivity contribution in [2.45, 2.75) is 27.7 Å². The maximum atomic E-state index is 11.0. The van der Waals surface area contributed by atoms with E-state index >= 15 is 0 Å². The molecule has 0 saturated carbocycles. The summed E-state index contributed by atoms with van der Waals surface area (Å²) in [5.74, 6) is 1.19. The Morgan fingerprint density at radius 1 is 1.59 bits per heavy atom. The van der Waals surface area contributed by atoms with Gasteiger partial charge in [0.15, 0.2) is 0 Å². The molecule has 0 aromatic heterocycles. The zero-order chi connectivity index (χ0) is 12.6. The van der Waals surface area contributed by atoms with E-state index in [-0.39, 0.29) is 11.4 Å². The molecule has 0 spiro atoms. The van der Waals surface area contributed by atoms with E-state index in [1.807, 2.05) is 0 Å². The normalized spacial score (nSPS) is 40.7. The molecule has 0 aromatic carbocycles. The number of rotatable bonds is 2. The number of esters is 1. The summed E-state index contributed by atoms with van der Waals surface area (Å²) in [5, 5.41) is 0. The minimum atomic E-state index is -0.202. The number of ether oxygens (including phenoxy) is 2. The van der Waals surface area contributed by atoms with Crippen molar-refractivity contribution in [1.82, 2.24) is 0 Å². The molecule has 0 unspecified atom stereocenters. The molecule has 1 aliphatic heterocycles. The van der Waals surface area contributed by atoms with Gasteiger partial charge < -0.3 is 9.47 Å². The molecule has 2 bridgehead atoms. The van der Waals surface area contributed by atoms with Gasteiger partial charge in [-0.15, -0.1) is 0 Å². The number of carbonyl (C=O) groups is 1. The van der Waals surface area contributed by atoms with Gasteiger partial charge in [-0.2, -0.15) is 0 Å². The molecule has 17 heavy (non-hydrogen) atoms. The van der Waals surface area contributed by atoms with Crippen molar-refractivity contribution in [2.24, 2.45) is 23.2 Å². The van der Waals surface area contributed by atoms with Gasteiger partial charge in [0, 0.05) is 18.3 Å². The Morgan fingerprint density at radius 2 is 2.29 bits per heavy atom. The van der Waals surface area contributed by atoms with Crippen molar-refractivity contribution < 1.29 is 14.3 Å². The van der Waals surface area contributed by atoms with Crippen LogP contribution >= 0.6 is 0 Å². The fraction of sp³-hybridized carbons (Fsp3) is 0.786. The van der Waals surface area contributed by atoms with Crippen molar-refractivity contribution in [3.63, 3.8) is 0 Å². The zero-order valence-electron chi connectivity index (χ0n) is 11.2. The number of allylic oxidation sites excluding steroid dienone is 1. The smallest absolute Gasteiger partial charge is 0.302 e. The topological polar surface area (TPSA) is 35.5 Å². The van der Waals surface area contributed by atoms with Crippen LogP contribution in [0, 0.1) is 23.2 Å². The molecule has 2 aliphatic rings. The summed E-state index contributed by atoms with van der Waals surface area (Å²) in [4.78, 5) is 11.0. The predicted molar refractivity (Wildman–Crippen MR) is 65.5 cm³/mol. The molecule has 2 rings (SSSR count). The van der Waals surface area contributed by atoms with Crippen LogP contribution in [0.25, 0.3) is 0 Å². The molecule has 0 N–H and O–H groups in total. The summed E-state index contributed by atoms with van der Waals surface area (Å²) in [7, 11) is 0. The standard InChI is InChI=1S/C14H22O3/c1-9-5-10(2)14(8-17-12(4)15)7-16-6-13(9)11(14)3/h5,10-11,13H,6-8H2,1-4H3/t10-,11-,13-,14-/m1/s1. The Morgan fingerprint density at radius 3 is 2.94 bits per heavy atom. The fourth-order valence-electron chi connectivity index (χ4n) is 3.35. The van der Waals surface area contributed by atoms with E-state index in [0.717, 1.165) is 6.61 Å². The highest BCUT2D eigenvalue weighted by molar-refractivity contribution is 5.65. The van der Waals surface area contributed by atoms with Crippen LogP contribution in [0.3, 0.4) is 0 Å². The highest BCUT2D eigenvalue weighted by Gasteiger charge is 2.50. The Kier molecular flexibility index (Phi) is 3.30. The third kappa shape index (κ3) is 2.01. The molecule has 3 heteroatoms. The van der Waals surface area contributed by atoms with Crippen molar-refractivity contribution in [1.29, 1.82) is 0 Å². The molecular weight excluding hydrogens is 216 g/mol. The van der Waals surface area contributed by atoms with Gasteiger partial charge >= 0.3 is 5.97 Å². The van der Waals surface area contributed by atoms with Crippen LogP contribution in [-0.4, -0.2) is 25.8 Å². The van der Waals surface area contributed by atoms with Crippen LogP contribution in [-0.2, 0) is 14.3 Å². The second-order valence-corrected chi connectivity index (χ2v) is 5.62. The van der Waals surface area contributed by atoms with Gasteiger partial charge in [-0.1, -0.05) is 25.5 Å². The van der Waals surface area contributed by atoms with E-state index < -0.39 is 0 Å². The second kappa shape index (κ2) is 4.45. The van der Waals surface area contributed by atoms with Gasteiger partial charge in [-0.3, -0.25) is 4.79 Å². The first-order chi connectivity index (χ1) is 7.97. The summed E-state index contributed by atoms with van der Waals surface area (Å²) < 4.78 is 11.0. The molecule has 3 nitrogen and oxygen atoms in total. The Labute approximate surface area is 103 Å². The van der Waals surface area contributed by atoms with E-state index in [0.29, 0.717) is 31.0 Å². The summed E-state index contributed by atoms with van der Waals surface area (Å²) in [6.07, 6.45) is 2.33. The molecule has 4 atom stereocenters. The van der Waals surface area contributed by atoms with Crippen LogP contribution in [0.1, 0.15) is 27.7 Å². The molecule has 1 fully saturated rings. The average Bonchev–Trinajstić information content (AvgIpc) is 2.25. The van der Waals surface area contributed by atoms with Crippen molar-refractivity contribution in [3.8, 4) is 0 Å². The Balaban J connectivity index is 2.26. The van der Waals surface area contributed by atoms with Gasteiger partial charge in [0.2, 0.25) is 0 Å². The van der Waals surface area contributed by atoms with Gasteiger partial charge in [0.25, 0.3) is 0 Å². The predicted octanol–water partition coefficient (Wildman–Crippen LogP) is 2.41. The lowest BCUT2D eigenvalue weighted by Crippen LogP contribution is -2.53. The van der Waals surface area contributed by atoms with Gasteiger partial charge in [0.05, 0.1) is 19.8 Å². The molecule has 0 aromatic rings. The van der Waals surface area contributed by atoms with Gasteiger partial charge in [-0.25, -0.2) is 0 Å². The lowest BCUT2D eigenvalue weighted by molar-refractivity contribution is -0.162. The van der Waals surface area contributed by atoms with E-state index in [9.17, 15) is 4.79 Å². The molecule has 96 valence electrons. The SMILES string of the molecule is CC(=O)OC[C@]12COC[C@H](C(C)=C[C@H]1C)[C@H]2C. The summed E-state index contributed by atoms with van der Waals surface area (Å²) in [5.41, 5.74) is 1.39. The maximum absolute atomic E-state index is 11.0. The highest BCUT2D eigenvalue weighted by atomic mass is 16.5. The lowest BCUT2D eigenvalue weighted by Gasteiger charge is -2.52. The minimum absolute atomic E-state index is 0.0336. The first-order valence-electron chi connectivity index (χ1n) is 6.37. The van der Waals surface area contributed by atoms with Gasteiger partial charge in [-0.05, 0) is 18.8 Å². The maximum Gasteiger partial charge on any atom is 0.302 e. The molecular formula is C14H22O3. The van der Waals surface area contributed by atoms with Crippen LogP contribution in [0.4, 0.5) is 0 Å². The Hall–Kier alpha value is -0.830. The molecule has 1 heterocycles. The summed E-state index contributed by atoms with van der Waals surface area (Å²) >= 11 is 0. The van der Waals surface area contributed by atoms with Crippen molar-refractivity contribution >= 4 is 5.97 Å². The molecule has 0 amide bonds. The lowest BCUT2D eigenvalue weighted by atomic mass is 9.58. The quantitative estimate of drug-likeness (QED) is 0.547. The number of fused-ring (bicyclic) bond motifs is 2. The number of hydrogen-bond donors (Lipinski definition) is 0. The zero-order valence-corrected chi connectivity index (χ0v) is 11.2. The van der Waals surface area contributed by atoms with Gasteiger partial charge in [0.1, 0.15) is 0 Å². The van der Waals surface area contributed by atoms with E-state index in [1.165, 1.54) is 12.5 Å². The third-order valence-corrected chi connectivity index (χ3v) is 4.73. The van der Waals surface area contributed by atoms with Crippen molar-refractivity contribution in [2.75, 3.05) is 19.8 Å². The van der Waals surface area contributed by atoms with Crippen LogP contribution in [0.5, 0.6) is 0 Å². The largest absolute Gasteiger partial charge is 0.465 e. The summed E-state index contributed by atoms with van der Waals surface area (Å²) in [6, 6.07) is 0. The number of carbonyl (C=O) groups excluding carboxylic acids is 1. The average molecular weight is 238 g/mol. The van der Waals surface area contributed by atoms with Crippen LogP contribution in [0.2, 0.25) is 0 Å². The minimum Gasteiger partial charge on any atom is -0.465 e. The van der Waals surface area contributed by atoms with Crippen LogP contribution < -0.4 is 0 Å².